The Bertz CT molecular complexity index is 601. The van der Waals surface area contributed by atoms with Crippen molar-refractivity contribution in [3.8, 4) is 11.5 Å². The zero-order valence-electron chi connectivity index (χ0n) is 11.9. The van der Waals surface area contributed by atoms with Crippen LogP contribution in [0.5, 0.6) is 11.5 Å². The number of hydrogen-bond donors (Lipinski definition) is 1. The largest absolute Gasteiger partial charge is 0.490 e. The number of nitrogens with one attached hydrogen (secondary N) is 1. The van der Waals surface area contributed by atoms with E-state index in [2.05, 4.69) is 43.2 Å². The highest BCUT2D eigenvalue weighted by Gasteiger charge is 2.13. The van der Waals surface area contributed by atoms with E-state index in [9.17, 15) is 0 Å². The van der Waals surface area contributed by atoms with Crippen molar-refractivity contribution in [3.05, 3.63) is 43.0 Å². The fourth-order valence-corrected chi connectivity index (χ4v) is 3.88. The van der Waals surface area contributed by atoms with Crippen molar-refractivity contribution < 1.29 is 9.47 Å². The third-order valence-corrected chi connectivity index (χ3v) is 5.28. The molecule has 0 bridgehead atoms. The van der Waals surface area contributed by atoms with Crippen LogP contribution in [0, 0.1) is 0 Å². The molecule has 6 heteroatoms. The van der Waals surface area contributed by atoms with Crippen molar-refractivity contribution in [2.24, 2.45) is 0 Å². The summed E-state index contributed by atoms with van der Waals surface area (Å²) in [5, 5.41) is 5.18. The average Bonchev–Trinajstić information content (AvgIpc) is 2.84. The Labute approximate surface area is 145 Å². The van der Waals surface area contributed by atoms with E-state index in [1.54, 1.807) is 11.3 Å². The van der Waals surface area contributed by atoms with Crippen LogP contribution in [0.15, 0.2) is 32.5 Å². The molecule has 0 aliphatic heterocycles. The van der Waals surface area contributed by atoms with E-state index in [1.807, 2.05) is 31.5 Å². The standard InChI is InChI=1S/C15H17Br2NO2S/c1-3-19-13-7-10(8-18-2)6-12(17)15(13)20-9-14-11(16)4-5-21-14/h4-7,18H,3,8-9H2,1-2H3. The van der Waals surface area contributed by atoms with Gasteiger partial charge in [-0.1, -0.05) is 0 Å². The van der Waals surface area contributed by atoms with Gasteiger partial charge in [0.25, 0.3) is 0 Å². The molecule has 21 heavy (non-hydrogen) atoms. The van der Waals surface area contributed by atoms with Gasteiger partial charge in [0.1, 0.15) is 6.61 Å². The van der Waals surface area contributed by atoms with Gasteiger partial charge in [-0.3, -0.25) is 0 Å². The van der Waals surface area contributed by atoms with Crippen molar-refractivity contribution in [2.75, 3.05) is 13.7 Å². The Morgan fingerprint density at radius 1 is 1.19 bits per heavy atom. The van der Waals surface area contributed by atoms with E-state index in [-0.39, 0.29) is 0 Å². The molecule has 1 aromatic carbocycles. The maximum atomic E-state index is 5.97. The third kappa shape index (κ3) is 4.45. The molecule has 0 fully saturated rings. The van der Waals surface area contributed by atoms with Crippen LogP contribution in [0.3, 0.4) is 0 Å². The van der Waals surface area contributed by atoms with Crippen LogP contribution in [0.25, 0.3) is 0 Å². The molecule has 0 aliphatic rings. The summed E-state index contributed by atoms with van der Waals surface area (Å²) in [5.74, 6) is 1.52. The maximum absolute atomic E-state index is 5.97. The molecule has 2 aromatic rings. The summed E-state index contributed by atoms with van der Waals surface area (Å²) in [5.41, 5.74) is 1.15. The summed E-state index contributed by atoms with van der Waals surface area (Å²) in [4.78, 5) is 1.16. The second-order valence-corrected chi connectivity index (χ2v) is 7.06. The molecule has 0 amide bonds. The lowest BCUT2D eigenvalue weighted by molar-refractivity contribution is 0.269. The lowest BCUT2D eigenvalue weighted by Crippen LogP contribution is -2.06. The van der Waals surface area contributed by atoms with E-state index < -0.39 is 0 Å². The van der Waals surface area contributed by atoms with Crippen LogP contribution in [0.1, 0.15) is 17.4 Å². The van der Waals surface area contributed by atoms with Crippen molar-refractivity contribution in [3.63, 3.8) is 0 Å². The molecule has 114 valence electrons. The molecule has 0 atom stereocenters. The number of rotatable bonds is 7. The van der Waals surface area contributed by atoms with Gasteiger partial charge in [0.15, 0.2) is 11.5 Å². The van der Waals surface area contributed by atoms with Crippen LogP contribution in [-0.4, -0.2) is 13.7 Å². The number of thiophene rings is 1. The lowest BCUT2D eigenvalue weighted by atomic mass is 10.2. The molecule has 2 rings (SSSR count). The molecule has 1 heterocycles. The summed E-state index contributed by atoms with van der Waals surface area (Å²) in [6.07, 6.45) is 0. The highest BCUT2D eigenvalue weighted by atomic mass is 79.9. The predicted octanol–water partition coefficient (Wildman–Crippen LogP) is 4.97. The van der Waals surface area contributed by atoms with E-state index in [1.165, 1.54) is 0 Å². The Balaban J connectivity index is 2.22. The minimum absolute atomic E-state index is 0.516. The molecule has 0 radical (unpaired) electrons. The normalized spacial score (nSPS) is 10.7. The van der Waals surface area contributed by atoms with E-state index in [0.717, 1.165) is 37.4 Å². The highest BCUT2D eigenvalue weighted by molar-refractivity contribution is 9.10. The Morgan fingerprint density at radius 2 is 2.00 bits per heavy atom. The van der Waals surface area contributed by atoms with Crippen LogP contribution in [-0.2, 0) is 13.2 Å². The fraction of sp³-hybridized carbons (Fsp3) is 0.333. The number of ether oxygens (including phenoxy) is 2. The van der Waals surface area contributed by atoms with Crippen LogP contribution < -0.4 is 14.8 Å². The second kappa shape index (κ2) is 8.17. The third-order valence-electron chi connectivity index (χ3n) is 2.79. The van der Waals surface area contributed by atoms with Gasteiger partial charge in [-0.05, 0) is 75.0 Å². The molecule has 0 saturated carbocycles. The predicted molar refractivity (Wildman–Crippen MR) is 94.4 cm³/mol. The fourth-order valence-electron chi connectivity index (χ4n) is 1.90. The smallest absolute Gasteiger partial charge is 0.175 e. The van der Waals surface area contributed by atoms with Gasteiger partial charge in [-0.2, -0.15) is 0 Å². The monoisotopic (exact) mass is 433 g/mol. The van der Waals surface area contributed by atoms with Gasteiger partial charge in [0.05, 0.1) is 16.0 Å². The Kier molecular flexibility index (Phi) is 6.54. The summed E-state index contributed by atoms with van der Waals surface area (Å²) in [6.45, 7) is 3.88. The van der Waals surface area contributed by atoms with Gasteiger partial charge in [-0.15, -0.1) is 11.3 Å². The first kappa shape index (κ1) is 16.8. The number of hydrogen-bond acceptors (Lipinski definition) is 4. The Hall–Kier alpha value is -0.560. The van der Waals surface area contributed by atoms with Gasteiger partial charge in [0, 0.05) is 11.0 Å². The highest BCUT2D eigenvalue weighted by Crippen LogP contribution is 2.38. The van der Waals surface area contributed by atoms with Crippen LogP contribution in [0.2, 0.25) is 0 Å². The van der Waals surface area contributed by atoms with E-state index >= 15 is 0 Å². The molecule has 3 nitrogen and oxygen atoms in total. The maximum Gasteiger partial charge on any atom is 0.175 e. The topological polar surface area (TPSA) is 30.5 Å². The summed E-state index contributed by atoms with van der Waals surface area (Å²) in [6, 6.07) is 6.10. The van der Waals surface area contributed by atoms with Crippen molar-refractivity contribution in [1.29, 1.82) is 0 Å². The van der Waals surface area contributed by atoms with Gasteiger partial charge in [0.2, 0.25) is 0 Å². The first-order chi connectivity index (χ1) is 10.2. The minimum atomic E-state index is 0.516. The minimum Gasteiger partial charge on any atom is -0.490 e. The molecule has 1 aromatic heterocycles. The Morgan fingerprint density at radius 3 is 2.62 bits per heavy atom. The van der Waals surface area contributed by atoms with Gasteiger partial charge >= 0.3 is 0 Å². The van der Waals surface area contributed by atoms with Crippen molar-refractivity contribution in [2.45, 2.75) is 20.1 Å². The molecule has 0 unspecified atom stereocenters. The van der Waals surface area contributed by atoms with E-state index in [4.69, 9.17) is 9.47 Å². The van der Waals surface area contributed by atoms with Gasteiger partial charge in [-0.25, -0.2) is 0 Å². The van der Waals surface area contributed by atoms with Crippen LogP contribution >= 0.6 is 43.2 Å². The van der Waals surface area contributed by atoms with E-state index in [0.29, 0.717) is 13.2 Å². The number of benzene rings is 1. The SMILES string of the molecule is CCOc1cc(CNC)cc(Br)c1OCc1sccc1Br. The zero-order valence-corrected chi connectivity index (χ0v) is 15.9. The van der Waals surface area contributed by atoms with Crippen LogP contribution in [0.4, 0.5) is 0 Å². The quantitative estimate of drug-likeness (QED) is 0.667. The van der Waals surface area contributed by atoms with Crippen molar-refractivity contribution >= 4 is 43.2 Å². The number of halogens is 2. The summed E-state index contributed by atoms with van der Waals surface area (Å²) >= 11 is 8.77. The molecule has 1 N–H and O–H groups in total. The molecular formula is C15H17Br2NO2S. The average molecular weight is 435 g/mol. The molecule has 0 saturated heterocycles. The summed E-state index contributed by atoms with van der Waals surface area (Å²) in [7, 11) is 1.92. The molecule has 0 aliphatic carbocycles. The summed E-state index contributed by atoms with van der Waals surface area (Å²) < 4.78 is 13.7. The first-order valence-electron chi connectivity index (χ1n) is 6.60. The lowest BCUT2D eigenvalue weighted by Gasteiger charge is -2.15. The van der Waals surface area contributed by atoms with Crippen molar-refractivity contribution in [1.82, 2.24) is 5.32 Å². The molecular weight excluding hydrogens is 418 g/mol. The zero-order chi connectivity index (χ0) is 15.2. The first-order valence-corrected chi connectivity index (χ1v) is 9.06. The second-order valence-electron chi connectivity index (χ2n) is 4.35. The molecule has 0 spiro atoms. The van der Waals surface area contributed by atoms with Gasteiger partial charge < -0.3 is 14.8 Å².